The summed E-state index contributed by atoms with van der Waals surface area (Å²) in [6.07, 6.45) is 3.60. The van der Waals surface area contributed by atoms with E-state index in [0.29, 0.717) is 6.54 Å². The van der Waals surface area contributed by atoms with Crippen LogP contribution in [0.2, 0.25) is 0 Å². The Labute approximate surface area is 62.3 Å². The third-order valence-corrected chi connectivity index (χ3v) is 1.20. The Balaban J connectivity index is 2.70. The lowest BCUT2D eigenvalue weighted by molar-refractivity contribution is 0.193. The molecule has 0 aliphatic heterocycles. The highest BCUT2D eigenvalue weighted by Gasteiger charge is 1.85. The van der Waals surface area contributed by atoms with Gasteiger partial charge in [-0.25, -0.2) is 0 Å². The van der Waals surface area contributed by atoms with Gasteiger partial charge >= 0.3 is 0 Å². The van der Waals surface area contributed by atoms with Crippen molar-refractivity contribution in [3.05, 3.63) is 0 Å². The van der Waals surface area contributed by atoms with Crippen molar-refractivity contribution < 1.29 is 4.74 Å². The SMILES string of the molecule is COCCCCNCC=N. The average molecular weight is 144 g/mol. The maximum atomic E-state index is 6.71. The van der Waals surface area contributed by atoms with Crippen LogP contribution in [0.15, 0.2) is 0 Å². The fraction of sp³-hybridized carbons (Fsp3) is 0.857. The van der Waals surface area contributed by atoms with Crippen LogP contribution in [0, 0.1) is 5.41 Å². The van der Waals surface area contributed by atoms with Crippen molar-refractivity contribution in [3.63, 3.8) is 0 Å². The van der Waals surface area contributed by atoms with Gasteiger partial charge in [0.25, 0.3) is 0 Å². The molecule has 0 atom stereocenters. The van der Waals surface area contributed by atoms with E-state index in [-0.39, 0.29) is 0 Å². The van der Waals surface area contributed by atoms with E-state index in [2.05, 4.69) is 5.32 Å². The van der Waals surface area contributed by atoms with Crippen molar-refractivity contribution in [3.8, 4) is 0 Å². The highest BCUT2D eigenvalue weighted by Crippen LogP contribution is 1.85. The second-order valence-electron chi connectivity index (χ2n) is 2.11. The van der Waals surface area contributed by atoms with Crippen molar-refractivity contribution >= 4 is 6.21 Å². The van der Waals surface area contributed by atoms with Crippen molar-refractivity contribution in [2.75, 3.05) is 26.8 Å². The molecular formula is C7H16N2O. The molecule has 0 fully saturated rings. The monoisotopic (exact) mass is 144 g/mol. The van der Waals surface area contributed by atoms with E-state index < -0.39 is 0 Å². The van der Waals surface area contributed by atoms with Gasteiger partial charge in [0, 0.05) is 26.5 Å². The van der Waals surface area contributed by atoms with Crippen LogP contribution in [-0.4, -0.2) is 33.0 Å². The number of hydrogen-bond acceptors (Lipinski definition) is 3. The average Bonchev–Trinajstić information content (AvgIpc) is 1.97. The first-order valence-electron chi connectivity index (χ1n) is 3.60. The molecule has 0 spiro atoms. The second-order valence-corrected chi connectivity index (χ2v) is 2.11. The Bertz CT molecular complexity index is 76.0. The van der Waals surface area contributed by atoms with Crippen LogP contribution in [0.1, 0.15) is 12.8 Å². The molecule has 0 unspecified atom stereocenters. The van der Waals surface area contributed by atoms with Crippen LogP contribution in [0.5, 0.6) is 0 Å². The second kappa shape index (κ2) is 8.59. The Morgan fingerprint density at radius 2 is 2.30 bits per heavy atom. The Morgan fingerprint density at radius 1 is 1.50 bits per heavy atom. The molecule has 2 N–H and O–H groups in total. The summed E-state index contributed by atoms with van der Waals surface area (Å²) < 4.78 is 4.88. The number of methoxy groups -OCH3 is 1. The summed E-state index contributed by atoms with van der Waals surface area (Å²) in [6, 6.07) is 0. The molecule has 0 amide bonds. The number of hydrogen-bond donors (Lipinski definition) is 2. The molecule has 60 valence electrons. The van der Waals surface area contributed by atoms with Gasteiger partial charge in [-0.15, -0.1) is 0 Å². The van der Waals surface area contributed by atoms with Gasteiger partial charge < -0.3 is 15.5 Å². The number of ether oxygens (including phenoxy) is 1. The molecule has 0 radical (unpaired) electrons. The van der Waals surface area contributed by atoms with Crippen LogP contribution in [-0.2, 0) is 4.74 Å². The normalized spacial score (nSPS) is 9.70. The molecule has 3 heteroatoms. The van der Waals surface area contributed by atoms with Gasteiger partial charge in [0.2, 0.25) is 0 Å². The summed E-state index contributed by atoms with van der Waals surface area (Å²) in [5, 5.41) is 9.80. The number of nitrogens with one attached hydrogen (secondary N) is 2. The lowest BCUT2D eigenvalue weighted by Gasteiger charge is -1.99. The van der Waals surface area contributed by atoms with Gasteiger partial charge in [-0.2, -0.15) is 0 Å². The summed E-state index contributed by atoms with van der Waals surface area (Å²) in [5.74, 6) is 0. The number of rotatable bonds is 7. The maximum Gasteiger partial charge on any atom is 0.0462 e. The molecule has 0 aliphatic carbocycles. The summed E-state index contributed by atoms with van der Waals surface area (Å²) in [5.41, 5.74) is 0. The van der Waals surface area contributed by atoms with E-state index in [1.807, 2.05) is 0 Å². The van der Waals surface area contributed by atoms with Crippen molar-refractivity contribution in [2.45, 2.75) is 12.8 Å². The van der Waals surface area contributed by atoms with Gasteiger partial charge in [0.1, 0.15) is 0 Å². The minimum atomic E-state index is 0.687. The molecule has 0 saturated carbocycles. The lowest BCUT2D eigenvalue weighted by Crippen LogP contribution is -2.17. The van der Waals surface area contributed by atoms with Crippen LogP contribution in [0.25, 0.3) is 0 Å². The minimum Gasteiger partial charge on any atom is -0.385 e. The molecule has 0 rings (SSSR count). The van der Waals surface area contributed by atoms with Crippen molar-refractivity contribution in [1.29, 1.82) is 5.41 Å². The van der Waals surface area contributed by atoms with Crippen molar-refractivity contribution in [2.24, 2.45) is 0 Å². The predicted octanol–water partition coefficient (Wildman–Crippen LogP) is 0.652. The Hall–Kier alpha value is -0.410. The number of unbranched alkanes of at least 4 members (excludes halogenated alkanes) is 1. The van der Waals surface area contributed by atoms with E-state index in [4.69, 9.17) is 10.1 Å². The van der Waals surface area contributed by atoms with E-state index >= 15 is 0 Å². The minimum absolute atomic E-state index is 0.687. The maximum absolute atomic E-state index is 6.71. The highest BCUT2D eigenvalue weighted by molar-refractivity contribution is 5.55. The third-order valence-electron chi connectivity index (χ3n) is 1.20. The van der Waals surface area contributed by atoms with Gasteiger partial charge in [-0.05, 0) is 19.4 Å². The summed E-state index contributed by atoms with van der Waals surface area (Å²) >= 11 is 0. The summed E-state index contributed by atoms with van der Waals surface area (Å²) in [7, 11) is 1.71. The molecule has 0 heterocycles. The van der Waals surface area contributed by atoms with Crippen LogP contribution < -0.4 is 5.32 Å². The zero-order valence-electron chi connectivity index (χ0n) is 6.52. The largest absolute Gasteiger partial charge is 0.385 e. The molecule has 3 nitrogen and oxygen atoms in total. The topological polar surface area (TPSA) is 45.1 Å². The molecule has 0 aromatic rings. The zero-order chi connectivity index (χ0) is 7.66. The van der Waals surface area contributed by atoms with E-state index in [9.17, 15) is 0 Å². The predicted molar refractivity (Wildman–Crippen MR) is 42.8 cm³/mol. The molecule has 0 saturated heterocycles. The van der Waals surface area contributed by atoms with E-state index in [0.717, 1.165) is 26.0 Å². The van der Waals surface area contributed by atoms with Gasteiger partial charge in [-0.1, -0.05) is 0 Å². The van der Waals surface area contributed by atoms with Crippen LogP contribution >= 0.6 is 0 Å². The van der Waals surface area contributed by atoms with Gasteiger partial charge in [0.05, 0.1) is 0 Å². The first-order valence-corrected chi connectivity index (χ1v) is 3.60. The first-order chi connectivity index (χ1) is 4.91. The Kier molecular flexibility index (Phi) is 8.24. The first kappa shape index (κ1) is 9.59. The standard InChI is InChI=1S/C7H16N2O/c1-10-7-3-2-5-9-6-4-8/h4,8-9H,2-3,5-7H2,1H3. The van der Waals surface area contributed by atoms with Crippen molar-refractivity contribution in [1.82, 2.24) is 5.32 Å². The van der Waals surface area contributed by atoms with E-state index in [1.54, 1.807) is 7.11 Å². The van der Waals surface area contributed by atoms with Gasteiger partial charge in [-0.3, -0.25) is 0 Å². The Morgan fingerprint density at radius 3 is 2.90 bits per heavy atom. The quantitative estimate of drug-likeness (QED) is 0.407. The molecule has 0 bridgehead atoms. The van der Waals surface area contributed by atoms with E-state index in [1.165, 1.54) is 6.21 Å². The highest BCUT2D eigenvalue weighted by atomic mass is 16.5. The molecular weight excluding hydrogens is 128 g/mol. The molecule has 0 aliphatic rings. The fourth-order valence-electron chi connectivity index (χ4n) is 0.671. The van der Waals surface area contributed by atoms with Crippen LogP contribution in [0.3, 0.4) is 0 Å². The molecule has 0 aromatic heterocycles. The smallest absolute Gasteiger partial charge is 0.0462 e. The molecule has 10 heavy (non-hydrogen) atoms. The van der Waals surface area contributed by atoms with Crippen LogP contribution in [0.4, 0.5) is 0 Å². The lowest BCUT2D eigenvalue weighted by atomic mass is 10.3. The molecule has 0 aromatic carbocycles. The third kappa shape index (κ3) is 7.59. The fourth-order valence-corrected chi connectivity index (χ4v) is 0.671. The van der Waals surface area contributed by atoms with Gasteiger partial charge in [0.15, 0.2) is 0 Å². The summed E-state index contributed by atoms with van der Waals surface area (Å²) in [4.78, 5) is 0. The summed E-state index contributed by atoms with van der Waals surface area (Å²) in [6.45, 7) is 2.51. The zero-order valence-corrected chi connectivity index (χ0v) is 6.52.